The van der Waals surface area contributed by atoms with Crippen molar-refractivity contribution in [3.05, 3.63) is 81.3 Å². The van der Waals surface area contributed by atoms with Gasteiger partial charge in [0.25, 0.3) is 5.69 Å². The Kier molecular flexibility index (Phi) is 6.33. The fourth-order valence-electron chi connectivity index (χ4n) is 4.22. The van der Waals surface area contributed by atoms with Gasteiger partial charge in [0.2, 0.25) is 11.8 Å². The molecule has 0 amide bonds. The maximum Gasteiger partial charge on any atom is 0.269 e. The molecule has 0 N–H and O–H groups in total. The Bertz CT molecular complexity index is 1200. The smallest absolute Gasteiger partial charge is 0.269 e. The second-order valence-corrected chi connectivity index (χ2v) is 8.30. The van der Waals surface area contributed by atoms with Crippen molar-refractivity contribution in [2.24, 2.45) is 0 Å². The van der Waals surface area contributed by atoms with Crippen molar-refractivity contribution >= 4 is 11.6 Å². The summed E-state index contributed by atoms with van der Waals surface area (Å²) in [4.78, 5) is 24.5. The SMILES string of the molecule is O=[N+]([O-])c1cccc(CN2CCc3nc(N4CCOCC4)nc(Oc4cccc(F)c4)c3C2)c1. The van der Waals surface area contributed by atoms with Crippen LogP contribution in [0.25, 0.3) is 0 Å². The fourth-order valence-corrected chi connectivity index (χ4v) is 4.22. The van der Waals surface area contributed by atoms with Crippen LogP contribution < -0.4 is 9.64 Å². The lowest BCUT2D eigenvalue weighted by atomic mass is 10.1. The van der Waals surface area contributed by atoms with Gasteiger partial charge in [-0.15, -0.1) is 0 Å². The Morgan fingerprint density at radius 2 is 1.91 bits per heavy atom. The molecular formula is C24H24FN5O4. The van der Waals surface area contributed by atoms with Crippen molar-refractivity contribution in [3.63, 3.8) is 0 Å². The molecule has 0 radical (unpaired) electrons. The molecule has 5 rings (SSSR count). The lowest BCUT2D eigenvalue weighted by Gasteiger charge is -2.31. The molecule has 10 heteroatoms. The number of hydrogen-bond acceptors (Lipinski definition) is 8. The number of aromatic nitrogens is 2. The second kappa shape index (κ2) is 9.70. The van der Waals surface area contributed by atoms with Gasteiger partial charge < -0.3 is 14.4 Å². The van der Waals surface area contributed by atoms with E-state index in [1.165, 1.54) is 18.2 Å². The molecule has 0 spiro atoms. The number of morpholine rings is 1. The van der Waals surface area contributed by atoms with E-state index in [4.69, 9.17) is 19.4 Å². The lowest BCUT2D eigenvalue weighted by molar-refractivity contribution is -0.384. The molecule has 3 aromatic rings. The van der Waals surface area contributed by atoms with Crippen LogP contribution >= 0.6 is 0 Å². The van der Waals surface area contributed by atoms with Gasteiger partial charge in [-0.05, 0) is 17.7 Å². The molecule has 1 fully saturated rings. The summed E-state index contributed by atoms with van der Waals surface area (Å²) in [6, 6.07) is 12.6. The van der Waals surface area contributed by atoms with Crippen LogP contribution in [0.5, 0.6) is 11.6 Å². The van der Waals surface area contributed by atoms with E-state index in [9.17, 15) is 14.5 Å². The largest absolute Gasteiger partial charge is 0.438 e. The van der Waals surface area contributed by atoms with Crippen molar-refractivity contribution in [2.45, 2.75) is 19.5 Å². The van der Waals surface area contributed by atoms with Crippen LogP contribution in [-0.2, 0) is 24.2 Å². The van der Waals surface area contributed by atoms with Gasteiger partial charge in [0.1, 0.15) is 11.6 Å². The van der Waals surface area contributed by atoms with Crippen molar-refractivity contribution in [2.75, 3.05) is 37.7 Å². The number of fused-ring (bicyclic) bond motifs is 1. The minimum atomic E-state index is -0.388. The zero-order valence-corrected chi connectivity index (χ0v) is 18.5. The zero-order valence-electron chi connectivity index (χ0n) is 18.5. The number of halogens is 1. The van der Waals surface area contributed by atoms with Crippen LogP contribution in [0.4, 0.5) is 16.0 Å². The summed E-state index contributed by atoms with van der Waals surface area (Å²) in [5.74, 6) is 0.965. The highest BCUT2D eigenvalue weighted by Crippen LogP contribution is 2.32. The van der Waals surface area contributed by atoms with E-state index in [0.717, 1.165) is 23.4 Å². The monoisotopic (exact) mass is 465 g/mol. The zero-order chi connectivity index (χ0) is 23.5. The van der Waals surface area contributed by atoms with Crippen molar-refractivity contribution in [1.82, 2.24) is 14.9 Å². The maximum absolute atomic E-state index is 13.8. The molecule has 1 saturated heterocycles. The Hall–Kier alpha value is -3.63. The molecule has 2 aromatic carbocycles. The Morgan fingerprint density at radius 3 is 2.71 bits per heavy atom. The molecule has 9 nitrogen and oxygen atoms in total. The van der Waals surface area contributed by atoms with Crippen LogP contribution in [-0.4, -0.2) is 52.6 Å². The molecule has 0 aliphatic carbocycles. The highest BCUT2D eigenvalue weighted by atomic mass is 19.1. The number of ether oxygens (including phenoxy) is 2. The normalized spacial score (nSPS) is 16.2. The van der Waals surface area contributed by atoms with E-state index in [0.29, 0.717) is 63.4 Å². The first-order valence-corrected chi connectivity index (χ1v) is 11.2. The van der Waals surface area contributed by atoms with Gasteiger partial charge in [-0.1, -0.05) is 18.2 Å². The molecule has 1 aromatic heterocycles. The first-order chi connectivity index (χ1) is 16.5. The van der Waals surface area contributed by atoms with E-state index < -0.39 is 0 Å². The van der Waals surface area contributed by atoms with E-state index in [2.05, 4.69) is 9.80 Å². The molecule has 0 unspecified atom stereocenters. The molecule has 0 bridgehead atoms. The first-order valence-electron chi connectivity index (χ1n) is 11.2. The summed E-state index contributed by atoms with van der Waals surface area (Å²) in [6.45, 7) is 4.41. The van der Waals surface area contributed by atoms with E-state index in [-0.39, 0.29) is 16.4 Å². The predicted octanol–water partition coefficient (Wildman–Crippen LogP) is 3.71. The molecule has 0 saturated carbocycles. The van der Waals surface area contributed by atoms with Gasteiger partial charge in [0, 0.05) is 57.3 Å². The number of non-ortho nitro benzene ring substituents is 1. The van der Waals surface area contributed by atoms with Gasteiger partial charge in [0.05, 0.1) is 29.4 Å². The van der Waals surface area contributed by atoms with Crippen LogP contribution in [0.3, 0.4) is 0 Å². The minimum absolute atomic E-state index is 0.0727. The Balaban J connectivity index is 1.44. The van der Waals surface area contributed by atoms with Gasteiger partial charge in [-0.2, -0.15) is 4.98 Å². The number of nitrogens with zero attached hydrogens (tertiary/aromatic N) is 5. The predicted molar refractivity (Wildman–Crippen MR) is 122 cm³/mol. The molecular weight excluding hydrogens is 441 g/mol. The fraction of sp³-hybridized carbons (Fsp3) is 0.333. The average Bonchev–Trinajstić information content (AvgIpc) is 2.85. The summed E-state index contributed by atoms with van der Waals surface area (Å²) in [5.41, 5.74) is 2.68. The van der Waals surface area contributed by atoms with Gasteiger partial charge in [-0.3, -0.25) is 15.0 Å². The highest BCUT2D eigenvalue weighted by Gasteiger charge is 2.26. The second-order valence-electron chi connectivity index (χ2n) is 8.30. The summed E-state index contributed by atoms with van der Waals surface area (Å²) in [5, 5.41) is 11.1. The number of nitro benzene ring substituents is 1. The molecule has 2 aliphatic rings. The Labute approximate surface area is 195 Å². The third-order valence-corrected chi connectivity index (χ3v) is 5.92. The molecule has 2 aliphatic heterocycles. The topological polar surface area (TPSA) is 93.9 Å². The van der Waals surface area contributed by atoms with Crippen LogP contribution in [0.15, 0.2) is 48.5 Å². The molecule has 34 heavy (non-hydrogen) atoms. The van der Waals surface area contributed by atoms with Gasteiger partial charge >= 0.3 is 0 Å². The van der Waals surface area contributed by atoms with Crippen LogP contribution in [0.1, 0.15) is 16.8 Å². The minimum Gasteiger partial charge on any atom is -0.438 e. The van der Waals surface area contributed by atoms with Crippen molar-refractivity contribution in [3.8, 4) is 11.6 Å². The number of hydrogen-bond donors (Lipinski definition) is 0. The number of nitro groups is 1. The number of benzene rings is 2. The molecule has 3 heterocycles. The quantitative estimate of drug-likeness (QED) is 0.402. The van der Waals surface area contributed by atoms with Crippen molar-refractivity contribution < 1.29 is 18.8 Å². The average molecular weight is 465 g/mol. The summed E-state index contributed by atoms with van der Waals surface area (Å²) < 4.78 is 25.3. The maximum atomic E-state index is 13.8. The van der Waals surface area contributed by atoms with E-state index in [1.54, 1.807) is 24.3 Å². The number of anilines is 1. The first kappa shape index (κ1) is 22.2. The van der Waals surface area contributed by atoms with Gasteiger partial charge in [0.15, 0.2) is 0 Å². The molecule has 176 valence electrons. The standard InChI is InChI=1S/C24H24FN5O4/c25-18-4-2-6-20(14-18)34-23-21-16-28(15-17-3-1-5-19(13-17)30(31)32)8-7-22(21)26-24(27-23)29-9-11-33-12-10-29/h1-6,13-14H,7-12,15-16H2. The van der Waals surface area contributed by atoms with E-state index in [1.807, 2.05) is 6.07 Å². The Morgan fingerprint density at radius 1 is 1.09 bits per heavy atom. The highest BCUT2D eigenvalue weighted by molar-refractivity contribution is 5.44. The van der Waals surface area contributed by atoms with Gasteiger partial charge in [-0.25, -0.2) is 9.37 Å². The van der Waals surface area contributed by atoms with Crippen molar-refractivity contribution in [1.29, 1.82) is 0 Å². The summed E-state index contributed by atoms with van der Waals surface area (Å²) in [7, 11) is 0. The van der Waals surface area contributed by atoms with Crippen LogP contribution in [0.2, 0.25) is 0 Å². The third-order valence-electron chi connectivity index (χ3n) is 5.92. The van der Waals surface area contributed by atoms with Crippen LogP contribution in [0, 0.1) is 15.9 Å². The number of rotatable bonds is 6. The molecule has 0 atom stereocenters. The lowest BCUT2D eigenvalue weighted by Crippen LogP contribution is -2.38. The summed E-state index contributed by atoms with van der Waals surface area (Å²) in [6.07, 6.45) is 0.684. The third kappa shape index (κ3) is 4.97. The summed E-state index contributed by atoms with van der Waals surface area (Å²) >= 11 is 0. The van der Waals surface area contributed by atoms with E-state index >= 15 is 0 Å².